The highest BCUT2D eigenvalue weighted by atomic mass is 16.6. The fourth-order valence-corrected chi connectivity index (χ4v) is 9.32. The van der Waals surface area contributed by atoms with Gasteiger partial charge in [-0.15, -0.1) is 0 Å². The van der Waals surface area contributed by atoms with Crippen LogP contribution in [-0.2, 0) is 23.9 Å². The molecular weight excluding hydrogens is 516 g/mol. The van der Waals surface area contributed by atoms with Crippen molar-refractivity contribution in [1.82, 2.24) is 0 Å². The summed E-state index contributed by atoms with van der Waals surface area (Å²) >= 11 is 0. The van der Waals surface area contributed by atoms with E-state index < -0.39 is 64.3 Å². The van der Waals surface area contributed by atoms with E-state index in [0.29, 0.717) is 24.8 Å². The second-order valence-electron chi connectivity index (χ2n) is 12.9. The van der Waals surface area contributed by atoms with Gasteiger partial charge >= 0.3 is 11.9 Å². The number of cyclic esters (lactones) is 1. The monoisotopic (exact) mass is 558 g/mol. The Balaban J connectivity index is 1.66. The lowest BCUT2D eigenvalue weighted by molar-refractivity contribution is -0.291. The van der Waals surface area contributed by atoms with Gasteiger partial charge in [-0.3, -0.25) is 9.59 Å². The van der Waals surface area contributed by atoms with Crippen LogP contribution in [0.4, 0.5) is 0 Å². The Kier molecular flexibility index (Phi) is 6.81. The third-order valence-electron chi connectivity index (χ3n) is 11.7. The summed E-state index contributed by atoms with van der Waals surface area (Å²) in [5.74, 6) is -2.05. The van der Waals surface area contributed by atoms with Crippen LogP contribution in [0.1, 0.15) is 79.6 Å². The number of aliphatic hydroxyl groups excluding tert-OH is 1. The third kappa shape index (κ3) is 3.44. The first-order valence-electron chi connectivity index (χ1n) is 14.4. The smallest absolute Gasteiger partial charge is 0.334 e. The second-order valence-corrected chi connectivity index (χ2v) is 12.9. The molecule has 220 valence electrons. The van der Waals surface area contributed by atoms with Crippen molar-refractivity contribution < 1.29 is 44.3 Å². The summed E-state index contributed by atoms with van der Waals surface area (Å²) in [6.07, 6.45) is 4.88. The zero-order chi connectivity index (χ0) is 29.5. The highest BCUT2D eigenvalue weighted by molar-refractivity contribution is 5.92. The largest absolute Gasteiger partial charge is 0.459 e. The zero-order valence-electron chi connectivity index (χ0n) is 24.0. The summed E-state index contributed by atoms with van der Waals surface area (Å²) in [6, 6.07) is 0. The summed E-state index contributed by atoms with van der Waals surface area (Å²) in [7, 11) is 0. The van der Waals surface area contributed by atoms with E-state index in [-0.39, 0.29) is 43.0 Å². The normalized spacial score (nSPS) is 44.2. The molecule has 2 saturated carbocycles. The molecule has 0 saturated heterocycles. The van der Waals surface area contributed by atoms with E-state index in [9.17, 15) is 34.8 Å². The van der Waals surface area contributed by atoms with E-state index in [1.807, 2.05) is 32.1 Å². The van der Waals surface area contributed by atoms with Crippen LogP contribution >= 0.6 is 0 Å². The van der Waals surface area contributed by atoms with Gasteiger partial charge in [0.05, 0.1) is 12.0 Å². The molecular formula is C31H42O9. The van der Waals surface area contributed by atoms with Gasteiger partial charge in [0.1, 0.15) is 34.8 Å². The van der Waals surface area contributed by atoms with Crippen molar-refractivity contribution in [3.8, 4) is 0 Å². The number of hydrogen-bond acceptors (Lipinski definition) is 9. The van der Waals surface area contributed by atoms with Gasteiger partial charge in [0, 0.05) is 37.2 Å². The average Bonchev–Trinajstić information content (AvgIpc) is 3.10. The molecule has 1 aliphatic heterocycles. The molecule has 0 radical (unpaired) electrons. The van der Waals surface area contributed by atoms with Crippen molar-refractivity contribution in [2.45, 2.75) is 109 Å². The van der Waals surface area contributed by atoms with Gasteiger partial charge in [0.25, 0.3) is 0 Å². The van der Waals surface area contributed by atoms with Crippen LogP contribution in [0.25, 0.3) is 0 Å². The number of ether oxygens (including phenoxy) is 2. The van der Waals surface area contributed by atoms with E-state index in [0.717, 1.165) is 5.57 Å². The SMILES string of the molecule is CC[C@]12CC[C@H]3[C@@H](CC=C4C=CCC(=O)[C@@]43C)[C@]1(O)[C@@H](OC(C)=O)C[C@@]2(O)[C@@](C)(O)[C@H]1CC(CO)=C(C)C(=O)O1. The molecule has 0 unspecified atom stereocenters. The number of Topliss-reactive ketones (excluding diaryl/α,β-unsaturated/α-hetero) is 1. The summed E-state index contributed by atoms with van der Waals surface area (Å²) in [5, 5.41) is 47.9. The Hall–Kier alpha value is -2.33. The Bertz CT molecular complexity index is 1230. The number of ketones is 1. The molecule has 5 rings (SSSR count). The van der Waals surface area contributed by atoms with Crippen molar-refractivity contribution >= 4 is 17.7 Å². The van der Waals surface area contributed by atoms with Crippen molar-refractivity contribution in [1.29, 1.82) is 0 Å². The van der Waals surface area contributed by atoms with Gasteiger partial charge in [0.15, 0.2) is 0 Å². The van der Waals surface area contributed by atoms with Gasteiger partial charge in [-0.2, -0.15) is 0 Å². The average molecular weight is 559 g/mol. The van der Waals surface area contributed by atoms with Crippen LogP contribution < -0.4 is 0 Å². The number of aliphatic hydroxyl groups is 4. The van der Waals surface area contributed by atoms with Crippen LogP contribution in [0, 0.1) is 22.7 Å². The molecule has 40 heavy (non-hydrogen) atoms. The van der Waals surface area contributed by atoms with E-state index in [4.69, 9.17) is 9.47 Å². The first-order valence-corrected chi connectivity index (χ1v) is 14.4. The lowest BCUT2D eigenvalue weighted by atomic mass is 9.43. The Morgan fingerprint density at radius 1 is 1.25 bits per heavy atom. The zero-order valence-corrected chi connectivity index (χ0v) is 24.0. The summed E-state index contributed by atoms with van der Waals surface area (Å²) in [4.78, 5) is 38.5. The lowest BCUT2D eigenvalue weighted by Gasteiger charge is -2.64. The van der Waals surface area contributed by atoms with Gasteiger partial charge in [0.2, 0.25) is 0 Å². The summed E-state index contributed by atoms with van der Waals surface area (Å²) < 4.78 is 11.4. The van der Waals surface area contributed by atoms with Crippen LogP contribution in [0.5, 0.6) is 0 Å². The molecule has 0 aromatic rings. The molecule has 9 atom stereocenters. The minimum Gasteiger partial charge on any atom is -0.459 e. The van der Waals surface area contributed by atoms with Crippen molar-refractivity contribution in [2.75, 3.05) is 6.61 Å². The molecule has 1 heterocycles. The number of hydrogen-bond donors (Lipinski definition) is 4. The van der Waals surface area contributed by atoms with Crippen LogP contribution in [0.15, 0.2) is 34.9 Å². The second kappa shape index (κ2) is 9.34. The maximum Gasteiger partial charge on any atom is 0.334 e. The lowest BCUT2D eigenvalue weighted by Crippen LogP contribution is -2.73. The maximum atomic E-state index is 13.4. The Morgan fingerprint density at radius 3 is 2.58 bits per heavy atom. The van der Waals surface area contributed by atoms with Crippen molar-refractivity contribution in [3.05, 3.63) is 34.9 Å². The van der Waals surface area contributed by atoms with Crippen LogP contribution in [-0.4, -0.2) is 73.8 Å². The maximum absolute atomic E-state index is 13.4. The van der Waals surface area contributed by atoms with E-state index in [2.05, 4.69) is 0 Å². The fraction of sp³-hybridized carbons (Fsp3) is 0.710. The first-order chi connectivity index (χ1) is 18.7. The molecule has 0 aromatic heterocycles. The number of carbonyl (C=O) groups is 3. The highest BCUT2D eigenvalue weighted by Crippen LogP contribution is 2.71. The highest BCUT2D eigenvalue weighted by Gasteiger charge is 2.81. The number of esters is 2. The standard InChI is InChI=1S/C31H42O9/c1-6-29-13-12-21-22(11-10-20-8-7-9-23(34)27(20,21)4)31(29,38)25(39-18(3)33)15-30(29,37)28(5,36)24-14-19(16-32)17(2)26(35)40-24/h7-8,10,21-22,24-25,32,36-38H,6,9,11-16H2,1-5H3/t21-,22+,24+,25-,27-,28-,29+,30+,31-/m0/s1. The van der Waals surface area contributed by atoms with Crippen molar-refractivity contribution in [3.63, 3.8) is 0 Å². The predicted octanol–water partition coefficient (Wildman–Crippen LogP) is 2.45. The summed E-state index contributed by atoms with van der Waals surface area (Å²) in [6.45, 7) is 7.54. The molecule has 9 nitrogen and oxygen atoms in total. The number of rotatable bonds is 5. The minimum absolute atomic E-state index is 0.0108. The molecule has 0 aromatic carbocycles. The van der Waals surface area contributed by atoms with Crippen molar-refractivity contribution in [2.24, 2.45) is 22.7 Å². The van der Waals surface area contributed by atoms with E-state index in [1.165, 1.54) is 13.8 Å². The van der Waals surface area contributed by atoms with Gasteiger partial charge < -0.3 is 29.9 Å². The molecule has 2 fully saturated rings. The number of allylic oxidation sites excluding steroid dienone is 4. The van der Waals surface area contributed by atoms with Gasteiger partial charge in [-0.25, -0.2) is 4.79 Å². The summed E-state index contributed by atoms with van der Waals surface area (Å²) in [5.41, 5.74) is -6.51. The molecule has 5 aliphatic rings. The fourth-order valence-electron chi connectivity index (χ4n) is 9.32. The molecule has 4 N–H and O–H groups in total. The topological polar surface area (TPSA) is 151 Å². The van der Waals surface area contributed by atoms with Gasteiger partial charge in [-0.1, -0.05) is 25.2 Å². The third-order valence-corrected chi connectivity index (χ3v) is 11.7. The predicted molar refractivity (Wildman–Crippen MR) is 143 cm³/mol. The van der Waals surface area contributed by atoms with E-state index >= 15 is 0 Å². The molecule has 4 aliphatic carbocycles. The molecule has 0 bridgehead atoms. The number of carbonyl (C=O) groups excluding carboxylic acids is 3. The minimum atomic E-state index is -2.08. The number of fused-ring (bicyclic) bond motifs is 5. The molecule has 0 spiro atoms. The Morgan fingerprint density at radius 2 is 1.95 bits per heavy atom. The Labute approximate surface area is 234 Å². The van der Waals surface area contributed by atoms with Crippen LogP contribution in [0.2, 0.25) is 0 Å². The van der Waals surface area contributed by atoms with Crippen LogP contribution in [0.3, 0.4) is 0 Å². The van der Waals surface area contributed by atoms with Gasteiger partial charge in [-0.05, 0) is 69.4 Å². The molecule has 0 amide bonds. The quantitative estimate of drug-likeness (QED) is 0.373. The van der Waals surface area contributed by atoms with E-state index in [1.54, 1.807) is 6.92 Å². The first kappa shape index (κ1) is 29.2. The molecule has 9 heteroatoms.